The molecule has 1 fully saturated rings. The molecule has 1 saturated carbocycles. The second-order valence-electron chi connectivity index (χ2n) is 5.49. The lowest BCUT2D eigenvalue weighted by Gasteiger charge is -2.36. The number of rotatable bonds is 7. The predicted molar refractivity (Wildman–Crippen MR) is 77.7 cm³/mol. The second kappa shape index (κ2) is 8.49. The van der Waals surface area contributed by atoms with Crippen molar-refractivity contribution in [3.63, 3.8) is 0 Å². The third kappa shape index (κ3) is 5.27. The van der Waals surface area contributed by atoms with Crippen LogP contribution in [-0.2, 0) is 0 Å². The van der Waals surface area contributed by atoms with Gasteiger partial charge in [0.15, 0.2) is 0 Å². The molecule has 0 aliphatic heterocycles. The average molecular weight is 306 g/mol. The Bertz CT molecular complexity index is 191. The number of aliphatic hydroxyl groups is 1. The Kier molecular flexibility index (Phi) is 7.72. The van der Waals surface area contributed by atoms with Gasteiger partial charge in [-0.25, -0.2) is 0 Å². The summed E-state index contributed by atoms with van der Waals surface area (Å²) in [6.45, 7) is 5.90. The van der Waals surface area contributed by atoms with E-state index in [9.17, 15) is 0 Å². The average Bonchev–Trinajstić information content (AvgIpc) is 2.60. The van der Waals surface area contributed by atoms with Gasteiger partial charge in [-0.2, -0.15) is 0 Å². The summed E-state index contributed by atoms with van der Waals surface area (Å²) in [6.07, 6.45) is 9.26. The Morgan fingerprint density at radius 1 is 1.18 bits per heavy atom. The first-order valence-electron chi connectivity index (χ1n) is 7.15. The van der Waals surface area contributed by atoms with Crippen molar-refractivity contribution >= 4 is 15.9 Å². The van der Waals surface area contributed by atoms with Gasteiger partial charge in [-0.05, 0) is 31.2 Å². The molecule has 0 heterocycles. The maximum atomic E-state index is 8.95. The molecule has 1 aliphatic rings. The third-order valence-corrected chi connectivity index (χ3v) is 5.28. The smallest absolute Gasteiger partial charge is 0.0443 e. The van der Waals surface area contributed by atoms with Crippen LogP contribution in [0.2, 0.25) is 0 Å². The molecule has 1 N–H and O–H groups in total. The van der Waals surface area contributed by atoms with Crippen molar-refractivity contribution in [1.82, 2.24) is 4.90 Å². The second-order valence-corrected chi connectivity index (χ2v) is 6.05. The molecule has 0 atom stereocenters. The van der Waals surface area contributed by atoms with Crippen LogP contribution >= 0.6 is 15.9 Å². The largest absolute Gasteiger partial charge is 0.396 e. The van der Waals surface area contributed by atoms with E-state index >= 15 is 0 Å². The van der Waals surface area contributed by atoms with E-state index in [4.69, 9.17) is 5.11 Å². The van der Waals surface area contributed by atoms with Gasteiger partial charge in [-0.15, -0.1) is 0 Å². The zero-order valence-electron chi connectivity index (χ0n) is 11.3. The molecule has 0 bridgehead atoms. The van der Waals surface area contributed by atoms with E-state index in [1.165, 1.54) is 45.1 Å². The van der Waals surface area contributed by atoms with Gasteiger partial charge < -0.3 is 10.0 Å². The zero-order valence-corrected chi connectivity index (χ0v) is 12.8. The normalized spacial score (nSPS) is 20.5. The van der Waals surface area contributed by atoms with Crippen LogP contribution in [0.1, 0.15) is 51.9 Å². The highest BCUT2D eigenvalue weighted by Crippen LogP contribution is 2.37. The molecule has 2 nitrogen and oxygen atoms in total. The highest BCUT2D eigenvalue weighted by molar-refractivity contribution is 9.09. The SMILES string of the molecule is CCN(CCCO)CC1(CBr)CCCCCC1. The highest BCUT2D eigenvalue weighted by Gasteiger charge is 2.31. The molecule has 0 aromatic carbocycles. The molecule has 17 heavy (non-hydrogen) atoms. The Balaban J connectivity index is 2.51. The summed E-state index contributed by atoms with van der Waals surface area (Å²) in [5, 5.41) is 10.1. The van der Waals surface area contributed by atoms with E-state index in [0.717, 1.165) is 24.8 Å². The minimum Gasteiger partial charge on any atom is -0.396 e. The molecular weight excluding hydrogens is 278 g/mol. The van der Waals surface area contributed by atoms with E-state index in [1.807, 2.05) is 0 Å². The maximum absolute atomic E-state index is 8.95. The lowest BCUT2D eigenvalue weighted by molar-refractivity contribution is 0.145. The summed E-state index contributed by atoms with van der Waals surface area (Å²) in [6, 6.07) is 0. The van der Waals surface area contributed by atoms with Gasteiger partial charge in [0.1, 0.15) is 0 Å². The number of hydrogen-bond acceptors (Lipinski definition) is 2. The van der Waals surface area contributed by atoms with Gasteiger partial charge in [0.25, 0.3) is 0 Å². The van der Waals surface area contributed by atoms with Crippen molar-refractivity contribution in [2.75, 3.05) is 31.6 Å². The molecule has 3 heteroatoms. The number of hydrogen-bond donors (Lipinski definition) is 1. The number of aliphatic hydroxyl groups excluding tert-OH is 1. The van der Waals surface area contributed by atoms with Gasteiger partial charge in [0.2, 0.25) is 0 Å². The summed E-state index contributed by atoms with van der Waals surface area (Å²) in [5.41, 5.74) is 0.488. The molecular formula is C14H28BrNO. The third-order valence-electron chi connectivity index (χ3n) is 4.09. The fourth-order valence-electron chi connectivity index (χ4n) is 2.93. The highest BCUT2D eigenvalue weighted by atomic mass is 79.9. The topological polar surface area (TPSA) is 23.5 Å². The molecule has 0 amide bonds. The van der Waals surface area contributed by atoms with Crippen LogP contribution in [0.5, 0.6) is 0 Å². The number of halogens is 1. The van der Waals surface area contributed by atoms with Gasteiger partial charge in [-0.1, -0.05) is 48.5 Å². The number of alkyl halides is 1. The fraction of sp³-hybridized carbons (Fsp3) is 1.00. The first-order chi connectivity index (χ1) is 8.26. The minimum absolute atomic E-state index is 0.317. The van der Waals surface area contributed by atoms with Gasteiger partial charge in [-0.3, -0.25) is 0 Å². The molecule has 0 unspecified atom stereocenters. The van der Waals surface area contributed by atoms with Crippen LogP contribution in [0.3, 0.4) is 0 Å². The Morgan fingerprint density at radius 3 is 2.29 bits per heavy atom. The van der Waals surface area contributed by atoms with Crippen LogP contribution in [0, 0.1) is 5.41 Å². The Labute approximate surface area is 115 Å². The van der Waals surface area contributed by atoms with Gasteiger partial charge >= 0.3 is 0 Å². The van der Waals surface area contributed by atoms with E-state index in [2.05, 4.69) is 27.8 Å². The monoisotopic (exact) mass is 305 g/mol. The Morgan fingerprint density at radius 2 is 1.82 bits per heavy atom. The molecule has 0 aromatic rings. The van der Waals surface area contributed by atoms with Crippen LogP contribution < -0.4 is 0 Å². The first-order valence-corrected chi connectivity index (χ1v) is 8.27. The quantitative estimate of drug-likeness (QED) is 0.575. The van der Waals surface area contributed by atoms with Gasteiger partial charge in [0, 0.05) is 25.0 Å². The Hall–Kier alpha value is 0.400. The summed E-state index contributed by atoms with van der Waals surface area (Å²) in [7, 11) is 0. The lowest BCUT2D eigenvalue weighted by atomic mass is 9.82. The van der Waals surface area contributed by atoms with E-state index in [0.29, 0.717) is 12.0 Å². The van der Waals surface area contributed by atoms with Crippen molar-refractivity contribution in [1.29, 1.82) is 0 Å². The molecule has 0 spiro atoms. The first kappa shape index (κ1) is 15.5. The van der Waals surface area contributed by atoms with Gasteiger partial charge in [0.05, 0.1) is 0 Å². The van der Waals surface area contributed by atoms with E-state index in [1.54, 1.807) is 0 Å². The fourth-order valence-corrected chi connectivity index (χ4v) is 3.67. The zero-order chi connectivity index (χ0) is 12.6. The summed E-state index contributed by atoms with van der Waals surface area (Å²) in [5.74, 6) is 0. The molecule has 102 valence electrons. The van der Waals surface area contributed by atoms with Crippen molar-refractivity contribution in [2.45, 2.75) is 51.9 Å². The van der Waals surface area contributed by atoms with E-state index < -0.39 is 0 Å². The molecule has 0 radical (unpaired) electrons. The van der Waals surface area contributed by atoms with Crippen LogP contribution in [0.4, 0.5) is 0 Å². The maximum Gasteiger partial charge on any atom is 0.0443 e. The summed E-state index contributed by atoms with van der Waals surface area (Å²) >= 11 is 3.75. The summed E-state index contributed by atoms with van der Waals surface area (Å²) in [4.78, 5) is 2.52. The van der Waals surface area contributed by atoms with Crippen molar-refractivity contribution in [2.24, 2.45) is 5.41 Å². The predicted octanol–water partition coefficient (Wildman–Crippen LogP) is 3.43. The van der Waals surface area contributed by atoms with Crippen LogP contribution in [0.25, 0.3) is 0 Å². The summed E-state index contributed by atoms with van der Waals surface area (Å²) < 4.78 is 0. The molecule has 1 rings (SSSR count). The standard InChI is InChI=1S/C14H28BrNO/c1-2-16(10-7-11-17)13-14(12-15)8-5-3-4-6-9-14/h17H,2-13H2,1H3. The van der Waals surface area contributed by atoms with Crippen molar-refractivity contribution in [3.8, 4) is 0 Å². The van der Waals surface area contributed by atoms with Crippen molar-refractivity contribution in [3.05, 3.63) is 0 Å². The minimum atomic E-state index is 0.317. The lowest BCUT2D eigenvalue weighted by Crippen LogP contribution is -2.39. The van der Waals surface area contributed by atoms with E-state index in [-0.39, 0.29) is 0 Å². The number of nitrogens with zero attached hydrogens (tertiary/aromatic N) is 1. The molecule has 0 saturated heterocycles. The molecule has 1 aliphatic carbocycles. The van der Waals surface area contributed by atoms with Crippen LogP contribution in [-0.4, -0.2) is 41.6 Å². The van der Waals surface area contributed by atoms with Crippen molar-refractivity contribution < 1.29 is 5.11 Å². The van der Waals surface area contributed by atoms with Crippen LogP contribution in [0.15, 0.2) is 0 Å². The molecule has 0 aromatic heterocycles.